The second-order valence-corrected chi connectivity index (χ2v) is 6.91. The fraction of sp³-hybridized carbons (Fsp3) is 0.375. The van der Waals surface area contributed by atoms with Crippen molar-refractivity contribution in [1.29, 1.82) is 0 Å². The molecule has 96 valence electrons. The van der Waals surface area contributed by atoms with E-state index in [1.165, 1.54) is 13.0 Å². The van der Waals surface area contributed by atoms with Gasteiger partial charge in [-0.05, 0) is 34.3 Å². The summed E-state index contributed by atoms with van der Waals surface area (Å²) in [5.41, 5.74) is 0. The fourth-order valence-electron chi connectivity index (χ4n) is 1.05. The maximum Gasteiger partial charge on any atom is 0.324 e. The van der Waals surface area contributed by atoms with Crippen molar-refractivity contribution >= 4 is 43.3 Å². The normalized spacial score (nSPS) is 15.5. The Morgan fingerprint density at radius 2 is 2.18 bits per heavy atom. The summed E-state index contributed by atoms with van der Waals surface area (Å²) in [4.78, 5) is 10.8. The topological polar surface area (TPSA) is 104 Å². The smallest absolute Gasteiger partial charge is 0.324 e. The van der Waals surface area contributed by atoms with E-state index in [1.807, 2.05) is 4.72 Å². The summed E-state index contributed by atoms with van der Waals surface area (Å²) in [5.74, 6) is -1.43. The number of halogens is 1. The lowest BCUT2D eigenvalue weighted by molar-refractivity contribution is -0.141. The second kappa shape index (κ2) is 5.44. The summed E-state index contributed by atoms with van der Waals surface area (Å²) < 4.78 is 25.9. The highest BCUT2D eigenvalue weighted by Crippen LogP contribution is 2.27. The molecule has 6 nitrogen and oxygen atoms in total. The average Bonchev–Trinajstić information content (AvgIpc) is 2.60. The molecule has 1 aromatic heterocycles. The van der Waals surface area contributed by atoms with Gasteiger partial charge >= 0.3 is 5.97 Å². The van der Waals surface area contributed by atoms with Crippen molar-refractivity contribution in [2.24, 2.45) is 0 Å². The van der Waals surface area contributed by atoms with Crippen molar-refractivity contribution in [2.45, 2.75) is 23.3 Å². The van der Waals surface area contributed by atoms with Crippen LogP contribution in [0.2, 0.25) is 0 Å². The third-order valence-corrected chi connectivity index (χ3v) is 5.97. The van der Waals surface area contributed by atoms with E-state index in [-0.39, 0.29) is 4.21 Å². The molecule has 0 amide bonds. The molecule has 0 aliphatic carbocycles. The van der Waals surface area contributed by atoms with Crippen molar-refractivity contribution in [2.75, 3.05) is 0 Å². The molecule has 0 spiro atoms. The van der Waals surface area contributed by atoms with E-state index in [4.69, 9.17) is 5.11 Å². The minimum Gasteiger partial charge on any atom is -0.480 e. The lowest BCUT2D eigenvalue weighted by Crippen LogP contribution is -2.47. The van der Waals surface area contributed by atoms with Crippen molar-refractivity contribution < 1.29 is 23.4 Å². The van der Waals surface area contributed by atoms with E-state index in [2.05, 4.69) is 15.9 Å². The van der Waals surface area contributed by atoms with Gasteiger partial charge in [0.2, 0.25) is 0 Å². The molecule has 0 aromatic carbocycles. The minimum absolute atomic E-state index is 0.0237. The Balaban J connectivity index is 3.01. The third kappa shape index (κ3) is 3.49. The number of carboxylic acid groups (broad SMARTS) is 1. The highest BCUT2D eigenvalue weighted by molar-refractivity contribution is 9.10. The van der Waals surface area contributed by atoms with Gasteiger partial charge in [0.15, 0.2) is 0 Å². The van der Waals surface area contributed by atoms with Crippen LogP contribution in [-0.2, 0) is 14.8 Å². The first-order chi connectivity index (χ1) is 7.75. The van der Waals surface area contributed by atoms with Crippen LogP contribution >= 0.6 is 27.3 Å². The molecule has 0 aliphatic rings. The van der Waals surface area contributed by atoms with Gasteiger partial charge in [0.05, 0.1) is 6.10 Å². The number of aliphatic hydroxyl groups excluding tert-OH is 1. The van der Waals surface area contributed by atoms with E-state index in [0.29, 0.717) is 4.47 Å². The molecule has 1 heterocycles. The van der Waals surface area contributed by atoms with Crippen LogP contribution in [0.25, 0.3) is 0 Å². The predicted octanol–water partition coefficient (Wildman–Crippen LogP) is 0.623. The lowest BCUT2D eigenvalue weighted by atomic mass is 10.2. The Labute approximate surface area is 110 Å². The quantitative estimate of drug-likeness (QED) is 0.727. The molecule has 0 saturated carbocycles. The van der Waals surface area contributed by atoms with Crippen LogP contribution in [0.1, 0.15) is 6.92 Å². The van der Waals surface area contributed by atoms with Gasteiger partial charge in [-0.15, -0.1) is 11.3 Å². The van der Waals surface area contributed by atoms with Gasteiger partial charge in [0, 0.05) is 4.47 Å². The van der Waals surface area contributed by atoms with Crippen LogP contribution in [0.15, 0.2) is 20.1 Å². The number of sulfonamides is 1. The zero-order valence-electron chi connectivity index (χ0n) is 8.62. The molecular weight excluding hydrogens is 334 g/mol. The molecule has 1 aromatic rings. The zero-order valence-corrected chi connectivity index (χ0v) is 11.8. The molecule has 0 aliphatic heterocycles. The number of hydrogen-bond donors (Lipinski definition) is 3. The predicted molar refractivity (Wildman–Crippen MR) is 65.4 cm³/mol. The molecule has 2 unspecified atom stereocenters. The zero-order chi connectivity index (χ0) is 13.2. The second-order valence-electron chi connectivity index (χ2n) is 3.23. The summed E-state index contributed by atoms with van der Waals surface area (Å²) in [6, 6.07) is -0.0359. The van der Waals surface area contributed by atoms with Gasteiger partial charge in [-0.25, -0.2) is 8.42 Å². The molecule has 0 saturated heterocycles. The maximum atomic E-state index is 11.8. The van der Waals surface area contributed by atoms with Crippen LogP contribution in [-0.4, -0.2) is 36.7 Å². The summed E-state index contributed by atoms with van der Waals surface area (Å²) in [5, 5.41) is 19.5. The minimum atomic E-state index is -3.96. The summed E-state index contributed by atoms with van der Waals surface area (Å²) in [6.45, 7) is 1.20. The number of thiophene rings is 1. The molecule has 0 fully saturated rings. The molecule has 9 heteroatoms. The molecule has 1 rings (SSSR count). The maximum absolute atomic E-state index is 11.8. The highest BCUT2D eigenvalue weighted by Gasteiger charge is 2.30. The number of carboxylic acids is 1. The standard InChI is InChI=1S/C8H10BrNO5S2/c1-4(11)6(7(12)13)10-17(14,15)8-5(9)2-3-16-8/h2-4,6,10-11H,1H3,(H,12,13). The number of carbonyl (C=O) groups is 1. The van der Waals surface area contributed by atoms with Crippen molar-refractivity contribution in [3.8, 4) is 0 Å². The van der Waals surface area contributed by atoms with Crippen molar-refractivity contribution in [1.82, 2.24) is 4.72 Å². The van der Waals surface area contributed by atoms with Gasteiger partial charge in [-0.2, -0.15) is 4.72 Å². The van der Waals surface area contributed by atoms with Crippen LogP contribution in [0, 0.1) is 0 Å². The van der Waals surface area contributed by atoms with E-state index in [9.17, 15) is 18.3 Å². The van der Waals surface area contributed by atoms with Gasteiger partial charge < -0.3 is 10.2 Å². The number of aliphatic hydroxyl groups is 1. The third-order valence-electron chi connectivity index (χ3n) is 1.86. The van der Waals surface area contributed by atoms with Crippen LogP contribution < -0.4 is 4.72 Å². The van der Waals surface area contributed by atoms with E-state index < -0.39 is 28.1 Å². The van der Waals surface area contributed by atoms with E-state index in [0.717, 1.165) is 11.3 Å². The Bertz CT molecular complexity index is 510. The molecule has 0 bridgehead atoms. The molecule has 2 atom stereocenters. The van der Waals surface area contributed by atoms with Crippen LogP contribution in [0.3, 0.4) is 0 Å². The number of aliphatic carboxylic acids is 1. The van der Waals surface area contributed by atoms with Crippen molar-refractivity contribution in [3.63, 3.8) is 0 Å². The van der Waals surface area contributed by atoms with E-state index >= 15 is 0 Å². The van der Waals surface area contributed by atoms with Crippen LogP contribution in [0.4, 0.5) is 0 Å². The Kier molecular flexibility index (Phi) is 4.67. The highest BCUT2D eigenvalue weighted by atomic mass is 79.9. The van der Waals surface area contributed by atoms with Gasteiger partial charge in [0.1, 0.15) is 10.3 Å². The first kappa shape index (κ1) is 14.6. The molecule has 17 heavy (non-hydrogen) atoms. The number of hydrogen-bond acceptors (Lipinski definition) is 5. The Morgan fingerprint density at radius 1 is 1.59 bits per heavy atom. The largest absolute Gasteiger partial charge is 0.480 e. The molecular formula is C8H10BrNO5S2. The van der Waals surface area contributed by atoms with Gasteiger partial charge in [0.25, 0.3) is 10.0 Å². The molecule has 0 radical (unpaired) electrons. The average molecular weight is 344 g/mol. The lowest BCUT2D eigenvalue weighted by Gasteiger charge is -2.16. The van der Waals surface area contributed by atoms with E-state index in [1.54, 1.807) is 5.38 Å². The fourth-order valence-corrected chi connectivity index (χ4v) is 4.66. The molecule has 3 N–H and O–H groups in total. The summed E-state index contributed by atoms with van der Waals surface area (Å²) in [6.07, 6.45) is -1.33. The first-order valence-corrected chi connectivity index (χ1v) is 7.57. The first-order valence-electron chi connectivity index (χ1n) is 4.42. The number of rotatable bonds is 5. The van der Waals surface area contributed by atoms with Crippen LogP contribution in [0.5, 0.6) is 0 Å². The van der Waals surface area contributed by atoms with Crippen molar-refractivity contribution in [3.05, 3.63) is 15.9 Å². The van der Waals surface area contributed by atoms with Gasteiger partial charge in [-0.3, -0.25) is 4.79 Å². The van der Waals surface area contributed by atoms with Gasteiger partial charge in [-0.1, -0.05) is 0 Å². The monoisotopic (exact) mass is 343 g/mol. The summed E-state index contributed by atoms with van der Waals surface area (Å²) >= 11 is 4.00. The Morgan fingerprint density at radius 3 is 2.53 bits per heavy atom. The summed E-state index contributed by atoms with van der Waals surface area (Å²) in [7, 11) is -3.96. The number of nitrogens with one attached hydrogen (secondary N) is 1. The Hall–Kier alpha value is -0.480. The SMILES string of the molecule is CC(O)C(NS(=O)(=O)c1sccc1Br)C(=O)O.